The number of carbonyl (C=O) groups is 1. The van der Waals surface area contributed by atoms with Crippen molar-refractivity contribution in [1.82, 2.24) is 0 Å². The predicted octanol–water partition coefficient (Wildman–Crippen LogP) is 7.31. The quantitative estimate of drug-likeness (QED) is 0.160. The van der Waals surface area contributed by atoms with Gasteiger partial charge >= 0.3 is 5.97 Å². The molecule has 0 radical (unpaired) electrons. The lowest BCUT2D eigenvalue weighted by Gasteiger charge is -2.37. The number of ether oxygens (including phenoxy) is 2. The number of hydrogen-bond donors (Lipinski definition) is 0. The Morgan fingerprint density at radius 1 is 1.05 bits per heavy atom. The van der Waals surface area contributed by atoms with E-state index in [2.05, 4.69) is 30.9 Å². The van der Waals surface area contributed by atoms with Crippen molar-refractivity contribution < 1.29 is 22.7 Å². The molecule has 1 heterocycles. The van der Waals surface area contributed by atoms with Crippen molar-refractivity contribution in [3.63, 3.8) is 0 Å². The number of sulfone groups is 1. The lowest BCUT2D eigenvalue weighted by atomic mass is 9.79. The molecule has 2 aromatic carbocycles. The summed E-state index contributed by atoms with van der Waals surface area (Å²) < 4.78 is 39.2. The summed E-state index contributed by atoms with van der Waals surface area (Å²) >= 11 is 0. The van der Waals surface area contributed by atoms with Gasteiger partial charge in [-0.1, -0.05) is 57.7 Å². The summed E-state index contributed by atoms with van der Waals surface area (Å²) in [5.74, 6) is 0.449. The number of carbonyl (C=O) groups excluding carboxylic acids is 1. The lowest BCUT2D eigenvalue weighted by molar-refractivity contribution is -0.137. The van der Waals surface area contributed by atoms with Crippen molar-refractivity contribution in [1.29, 1.82) is 0 Å². The van der Waals surface area contributed by atoms with Crippen LogP contribution in [-0.2, 0) is 19.4 Å². The molecule has 38 heavy (non-hydrogen) atoms. The molecule has 2 aromatic rings. The first kappa shape index (κ1) is 28.2. The zero-order valence-corrected chi connectivity index (χ0v) is 23.8. The van der Waals surface area contributed by atoms with Gasteiger partial charge in [0.1, 0.15) is 5.75 Å². The average Bonchev–Trinajstić information content (AvgIpc) is 3.75. The second-order valence-electron chi connectivity index (χ2n) is 10.7. The summed E-state index contributed by atoms with van der Waals surface area (Å²) in [6.07, 6.45) is 10.4. The van der Waals surface area contributed by atoms with Gasteiger partial charge in [0.25, 0.3) is 0 Å². The van der Waals surface area contributed by atoms with E-state index in [4.69, 9.17) is 9.47 Å². The zero-order chi connectivity index (χ0) is 27.2. The van der Waals surface area contributed by atoms with E-state index >= 15 is 0 Å². The number of anilines is 2. The highest BCUT2D eigenvalue weighted by molar-refractivity contribution is 7.91. The van der Waals surface area contributed by atoms with E-state index in [9.17, 15) is 13.2 Å². The van der Waals surface area contributed by atoms with E-state index in [1.165, 1.54) is 12.3 Å². The van der Waals surface area contributed by atoms with E-state index in [0.717, 1.165) is 68.3 Å². The summed E-state index contributed by atoms with van der Waals surface area (Å²) in [6.45, 7) is 7.02. The van der Waals surface area contributed by atoms with Crippen LogP contribution in [0.1, 0.15) is 83.6 Å². The smallest absolute Gasteiger partial charge is 0.333 e. The van der Waals surface area contributed by atoms with E-state index in [1.807, 2.05) is 24.3 Å². The maximum absolute atomic E-state index is 14.2. The number of nitrogens with zero attached hydrogens (tertiary/aromatic N) is 1. The third-order valence-electron chi connectivity index (χ3n) is 7.60. The van der Waals surface area contributed by atoms with Crippen LogP contribution in [0.5, 0.6) is 5.75 Å². The van der Waals surface area contributed by atoms with E-state index in [-0.39, 0.29) is 17.8 Å². The van der Waals surface area contributed by atoms with E-state index in [1.54, 1.807) is 13.0 Å². The molecule has 4 rings (SSSR count). The molecule has 6 nitrogen and oxygen atoms in total. The Morgan fingerprint density at radius 3 is 2.34 bits per heavy atom. The molecule has 1 aliphatic carbocycles. The minimum absolute atomic E-state index is 0.122. The van der Waals surface area contributed by atoms with Crippen LogP contribution in [0.2, 0.25) is 0 Å². The van der Waals surface area contributed by atoms with Crippen molar-refractivity contribution in [2.24, 2.45) is 5.41 Å². The SMILES string of the molecule is CCCCC1(CCCC)CN(c2ccccc2)c2cc(C3CC3)c(O/C=C\C(=O)OCC)cc2S(=O)(=O)C1. The minimum atomic E-state index is -3.62. The largest absolute Gasteiger partial charge is 0.464 e. The molecule has 1 fully saturated rings. The highest BCUT2D eigenvalue weighted by atomic mass is 32.2. The number of para-hydroxylation sites is 1. The van der Waals surface area contributed by atoms with Gasteiger partial charge < -0.3 is 14.4 Å². The zero-order valence-electron chi connectivity index (χ0n) is 22.9. The number of unbranched alkanes of at least 4 members (excludes halogenated alkanes) is 2. The molecule has 1 saturated carbocycles. The van der Waals surface area contributed by atoms with E-state index in [0.29, 0.717) is 23.1 Å². The highest BCUT2D eigenvalue weighted by Crippen LogP contribution is 2.51. The van der Waals surface area contributed by atoms with Gasteiger partial charge in [-0.25, -0.2) is 13.2 Å². The molecule has 0 saturated heterocycles. The Bertz CT molecular complexity index is 1230. The molecule has 2 aliphatic rings. The van der Waals surface area contributed by atoms with Gasteiger partial charge in [-0.3, -0.25) is 0 Å². The van der Waals surface area contributed by atoms with E-state index < -0.39 is 15.8 Å². The number of hydrogen-bond acceptors (Lipinski definition) is 6. The molecule has 0 bridgehead atoms. The molecular weight excluding hydrogens is 498 g/mol. The van der Waals surface area contributed by atoms with Crippen molar-refractivity contribution >= 4 is 27.2 Å². The highest BCUT2D eigenvalue weighted by Gasteiger charge is 2.43. The number of benzene rings is 2. The van der Waals surface area contributed by atoms with Crippen LogP contribution in [0.4, 0.5) is 11.4 Å². The van der Waals surface area contributed by atoms with Crippen LogP contribution in [-0.4, -0.2) is 33.3 Å². The summed E-state index contributed by atoms with van der Waals surface area (Å²) in [7, 11) is -3.62. The predicted molar refractivity (Wildman–Crippen MR) is 152 cm³/mol. The molecule has 0 atom stereocenters. The number of fused-ring (bicyclic) bond motifs is 1. The topological polar surface area (TPSA) is 72.9 Å². The monoisotopic (exact) mass is 539 g/mol. The molecule has 0 amide bonds. The Kier molecular flexibility index (Phi) is 9.19. The Hall–Kier alpha value is -2.80. The lowest BCUT2D eigenvalue weighted by Crippen LogP contribution is -2.38. The van der Waals surface area contributed by atoms with Gasteiger partial charge in [-0.2, -0.15) is 0 Å². The Morgan fingerprint density at radius 2 is 1.74 bits per heavy atom. The van der Waals surface area contributed by atoms with Crippen LogP contribution >= 0.6 is 0 Å². The minimum Gasteiger partial charge on any atom is -0.464 e. The van der Waals surface area contributed by atoms with Crippen molar-refractivity contribution in [2.45, 2.75) is 83.0 Å². The summed E-state index contributed by atoms with van der Waals surface area (Å²) in [5.41, 5.74) is 2.38. The van der Waals surface area contributed by atoms with Crippen LogP contribution in [0.15, 0.2) is 59.7 Å². The van der Waals surface area contributed by atoms with Gasteiger partial charge in [0.2, 0.25) is 0 Å². The normalized spacial score (nSPS) is 18.1. The molecule has 1 aliphatic heterocycles. The Balaban J connectivity index is 1.85. The third-order valence-corrected chi connectivity index (χ3v) is 9.59. The molecule has 0 N–H and O–H groups in total. The fraction of sp³-hybridized carbons (Fsp3) is 0.516. The third kappa shape index (κ3) is 6.60. The standard InChI is InChI=1S/C31H41NO5S/c1-4-7-17-31(18-8-5-2)22-32(25-12-10-9-11-13-25)27-20-26(24-14-15-24)28(21-29(27)38(34,35)23-31)37-19-16-30(33)36-6-3/h9-13,16,19-21,24H,4-8,14-15,17-18,22-23H2,1-3H3/b19-16-. The molecule has 0 unspecified atom stereocenters. The van der Waals surface area contributed by atoms with Crippen molar-refractivity contribution in [3.05, 3.63) is 60.4 Å². The molecular formula is C31H41NO5S. The summed E-state index contributed by atoms with van der Waals surface area (Å²) in [4.78, 5) is 14.3. The van der Waals surface area contributed by atoms with Crippen LogP contribution < -0.4 is 9.64 Å². The first-order valence-electron chi connectivity index (χ1n) is 14.1. The van der Waals surface area contributed by atoms with Gasteiger partial charge in [0.05, 0.1) is 35.3 Å². The second kappa shape index (κ2) is 12.4. The number of rotatable bonds is 12. The van der Waals surface area contributed by atoms with Gasteiger partial charge in [0, 0.05) is 23.7 Å². The molecule has 7 heteroatoms. The average molecular weight is 540 g/mol. The summed E-state index contributed by atoms with van der Waals surface area (Å²) in [6, 6.07) is 13.9. The van der Waals surface area contributed by atoms with Crippen LogP contribution in [0, 0.1) is 5.41 Å². The maximum Gasteiger partial charge on any atom is 0.333 e. The first-order valence-corrected chi connectivity index (χ1v) is 15.7. The van der Waals surface area contributed by atoms with Gasteiger partial charge in [-0.15, -0.1) is 0 Å². The molecule has 0 aromatic heterocycles. The van der Waals surface area contributed by atoms with Gasteiger partial charge in [0.15, 0.2) is 9.84 Å². The first-order chi connectivity index (χ1) is 18.3. The fourth-order valence-electron chi connectivity index (χ4n) is 5.51. The summed E-state index contributed by atoms with van der Waals surface area (Å²) in [5, 5.41) is 0. The number of esters is 1. The fourth-order valence-corrected chi connectivity index (χ4v) is 7.63. The second-order valence-corrected chi connectivity index (χ2v) is 12.7. The van der Waals surface area contributed by atoms with Gasteiger partial charge in [-0.05, 0) is 62.3 Å². The van der Waals surface area contributed by atoms with Crippen LogP contribution in [0.3, 0.4) is 0 Å². The maximum atomic E-state index is 14.2. The van der Waals surface area contributed by atoms with Crippen molar-refractivity contribution in [3.8, 4) is 5.75 Å². The van der Waals surface area contributed by atoms with Crippen LogP contribution in [0.25, 0.3) is 0 Å². The Labute approximate surface area is 227 Å². The van der Waals surface area contributed by atoms with Crippen molar-refractivity contribution in [2.75, 3.05) is 23.8 Å². The molecule has 206 valence electrons. The molecule has 0 spiro atoms.